The Hall–Kier alpha value is -0.930. The molecule has 2 rings (SSSR count). The van der Waals surface area contributed by atoms with E-state index in [1.54, 1.807) is 18.9 Å². The van der Waals surface area contributed by atoms with Gasteiger partial charge in [-0.2, -0.15) is 0 Å². The summed E-state index contributed by atoms with van der Waals surface area (Å²) in [6, 6.07) is 14.5. The Balaban J connectivity index is 2.44. The Labute approximate surface area is 114 Å². The molecule has 0 saturated heterocycles. The zero-order chi connectivity index (χ0) is 12.3. The molecule has 0 atom stereocenters. The number of halogens is 1. The molecule has 0 spiro atoms. The van der Waals surface area contributed by atoms with Crippen LogP contribution >= 0.6 is 27.7 Å². The van der Waals surface area contributed by atoms with Crippen molar-refractivity contribution in [3.63, 3.8) is 0 Å². The van der Waals surface area contributed by atoms with Crippen LogP contribution in [0, 0.1) is 0 Å². The van der Waals surface area contributed by atoms with Crippen molar-refractivity contribution < 1.29 is 4.74 Å². The zero-order valence-electron chi connectivity index (χ0n) is 9.74. The number of hydrogen-bond donors (Lipinski definition) is 0. The number of benzene rings is 2. The maximum atomic E-state index is 5.17. The van der Waals surface area contributed by atoms with Gasteiger partial charge >= 0.3 is 0 Å². The Kier molecular flexibility index (Phi) is 4.13. The molecule has 17 heavy (non-hydrogen) atoms. The Morgan fingerprint density at radius 3 is 2.35 bits per heavy atom. The first-order valence-electron chi connectivity index (χ1n) is 5.22. The lowest BCUT2D eigenvalue weighted by Crippen LogP contribution is -1.84. The molecule has 88 valence electrons. The van der Waals surface area contributed by atoms with Crippen LogP contribution < -0.4 is 4.74 Å². The highest BCUT2D eigenvalue weighted by Gasteiger charge is 2.05. The van der Waals surface area contributed by atoms with Crippen molar-refractivity contribution in [2.24, 2.45) is 0 Å². The summed E-state index contributed by atoms with van der Waals surface area (Å²) < 4.78 is 6.28. The standard InChI is InChI=1S/C14H13BrOS/c1-16-12-6-3-10(4-7-12)13-8-5-11(15)9-14(13)17-2/h3-9H,1-2H3. The first-order valence-corrected chi connectivity index (χ1v) is 7.24. The monoisotopic (exact) mass is 308 g/mol. The molecule has 1 nitrogen and oxygen atoms in total. The third-order valence-electron chi connectivity index (χ3n) is 2.56. The summed E-state index contributed by atoms with van der Waals surface area (Å²) >= 11 is 5.25. The molecule has 0 heterocycles. The van der Waals surface area contributed by atoms with E-state index in [1.807, 2.05) is 12.1 Å². The van der Waals surface area contributed by atoms with Crippen molar-refractivity contribution >= 4 is 27.7 Å². The van der Waals surface area contributed by atoms with Crippen molar-refractivity contribution in [1.82, 2.24) is 0 Å². The van der Waals surface area contributed by atoms with Gasteiger partial charge in [-0.1, -0.05) is 34.1 Å². The topological polar surface area (TPSA) is 9.23 Å². The quantitative estimate of drug-likeness (QED) is 0.750. The van der Waals surface area contributed by atoms with Crippen molar-refractivity contribution in [3.05, 3.63) is 46.9 Å². The zero-order valence-corrected chi connectivity index (χ0v) is 12.1. The maximum absolute atomic E-state index is 5.17. The van der Waals surface area contributed by atoms with Crippen LogP contribution in [-0.2, 0) is 0 Å². The second-order valence-corrected chi connectivity index (χ2v) is 5.34. The van der Waals surface area contributed by atoms with E-state index in [2.05, 4.69) is 52.5 Å². The average molecular weight is 309 g/mol. The number of methoxy groups -OCH3 is 1. The molecular weight excluding hydrogens is 296 g/mol. The lowest BCUT2D eigenvalue weighted by molar-refractivity contribution is 0.415. The number of thioether (sulfide) groups is 1. The molecule has 0 aliphatic rings. The summed E-state index contributed by atoms with van der Waals surface area (Å²) in [4.78, 5) is 1.27. The minimum atomic E-state index is 0.886. The lowest BCUT2D eigenvalue weighted by Gasteiger charge is -2.09. The summed E-state index contributed by atoms with van der Waals surface area (Å²) in [6.07, 6.45) is 2.09. The molecule has 0 radical (unpaired) electrons. The van der Waals surface area contributed by atoms with Crippen LogP contribution in [0.1, 0.15) is 0 Å². The molecule has 0 bridgehead atoms. The van der Waals surface area contributed by atoms with Gasteiger partial charge in [0, 0.05) is 9.37 Å². The van der Waals surface area contributed by atoms with E-state index >= 15 is 0 Å². The third-order valence-corrected chi connectivity index (χ3v) is 3.84. The highest BCUT2D eigenvalue weighted by molar-refractivity contribution is 9.10. The first-order chi connectivity index (χ1) is 8.24. The summed E-state index contributed by atoms with van der Waals surface area (Å²) in [6.45, 7) is 0. The van der Waals surface area contributed by atoms with Crippen LogP contribution in [0.15, 0.2) is 51.8 Å². The van der Waals surface area contributed by atoms with Crippen molar-refractivity contribution in [3.8, 4) is 16.9 Å². The van der Waals surface area contributed by atoms with Crippen LogP contribution in [0.25, 0.3) is 11.1 Å². The van der Waals surface area contributed by atoms with Gasteiger partial charge in [0.1, 0.15) is 5.75 Å². The Bertz CT molecular complexity index is 508. The predicted octanol–water partition coefficient (Wildman–Crippen LogP) is 4.85. The second-order valence-electron chi connectivity index (χ2n) is 3.57. The molecule has 0 aromatic heterocycles. The first kappa shape index (κ1) is 12.5. The molecule has 2 aromatic rings. The SMILES string of the molecule is COc1ccc(-c2ccc(Br)cc2SC)cc1. The van der Waals surface area contributed by atoms with E-state index in [-0.39, 0.29) is 0 Å². The van der Waals surface area contributed by atoms with E-state index in [4.69, 9.17) is 4.74 Å². The molecule has 0 saturated carbocycles. The Morgan fingerprint density at radius 1 is 1.06 bits per heavy atom. The highest BCUT2D eigenvalue weighted by Crippen LogP contribution is 2.33. The van der Waals surface area contributed by atoms with Crippen LogP contribution in [-0.4, -0.2) is 13.4 Å². The smallest absolute Gasteiger partial charge is 0.118 e. The molecule has 0 unspecified atom stereocenters. The molecule has 2 aromatic carbocycles. The van der Waals surface area contributed by atoms with E-state index in [1.165, 1.54) is 16.0 Å². The van der Waals surface area contributed by atoms with E-state index in [0.29, 0.717) is 0 Å². The van der Waals surface area contributed by atoms with Crippen LogP contribution in [0.3, 0.4) is 0 Å². The summed E-state index contributed by atoms with van der Waals surface area (Å²) in [5.41, 5.74) is 2.46. The molecule has 3 heteroatoms. The number of rotatable bonds is 3. The van der Waals surface area contributed by atoms with Gasteiger partial charge in [0.2, 0.25) is 0 Å². The molecular formula is C14H13BrOS. The van der Waals surface area contributed by atoms with Gasteiger partial charge in [0.05, 0.1) is 7.11 Å². The minimum Gasteiger partial charge on any atom is -0.497 e. The third kappa shape index (κ3) is 2.85. The minimum absolute atomic E-state index is 0.886. The second kappa shape index (κ2) is 5.61. The van der Waals surface area contributed by atoms with Gasteiger partial charge in [-0.3, -0.25) is 0 Å². The van der Waals surface area contributed by atoms with Crippen molar-refractivity contribution in [2.75, 3.05) is 13.4 Å². The van der Waals surface area contributed by atoms with Crippen molar-refractivity contribution in [1.29, 1.82) is 0 Å². The van der Waals surface area contributed by atoms with Gasteiger partial charge < -0.3 is 4.74 Å². The van der Waals surface area contributed by atoms with Crippen LogP contribution in [0.4, 0.5) is 0 Å². The van der Waals surface area contributed by atoms with Gasteiger partial charge in [0.15, 0.2) is 0 Å². The highest BCUT2D eigenvalue weighted by atomic mass is 79.9. The van der Waals surface area contributed by atoms with Crippen LogP contribution in [0.2, 0.25) is 0 Å². The number of ether oxygens (including phenoxy) is 1. The lowest BCUT2D eigenvalue weighted by atomic mass is 10.1. The van der Waals surface area contributed by atoms with Gasteiger partial charge in [-0.05, 0) is 41.6 Å². The largest absolute Gasteiger partial charge is 0.497 e. The molecule has 0 aliphatic heterocycles. The fourth-order valence-electron chi connectivity index (χ4n) is 1.67. The fraction of sp³-hybridized carbons (Fsp3) is 0.143. The van der Waals surface area contributed by atoms with Gasteiger partial charge in [-0.25, -0.2) is 0 Å². The molecule has 0 N–H and O–H groups in total. The summed E-state index contributed by atoms with van der Waals surface area (Å²) in [7, 11) is 1.68. The molecule has 0 aliphatic carbocycles. The van der Waals surface area contributed by atoms with Crippen LogP contribution in [0.5, 0.6) is 5.75 Å². The van der Waals surface area contributed by atoms with E-state index < -0.39 is 0 Å². The van der Waals surface area contributed by atoms with Crippen molar-refractivity contribution in [2.45, 2.75) is 4.90 Å². The Morgan fingerprint density at radius 2 is 1.76 bits per heavy atom. The van der Waals surface area contributed by atoms with E-state index in [9.17, 15) is 0 Å². The van der Waals surface area contributed by atoms with E-state index in [0.717, 1.165) is 10.2 Å². The average Bonchev–Trinajstić information content (AvgIpc) is 2.39. The van der Waals surface area contributed by atoms with Gasteiger partial charge in [-0.15, -0.1) is 11.8 Å². The predicted molar refractivity (Wildman–Crippen MR) is 77.9 cm³/mol. The molecule has 0 amide bonds. The fourth-order valence-corrected chi connectivity index (χ4v) is 2.84. The maximum Gasteiger partial charge on any atom is 0.118 e. The summed E-state index contributed by atoms with van der Waals surface area (Å²) in [5.74, 6) is 0.886. The summed E-state index contributed by atoms with van der Waals surface area (Å²) in [5, 5.41) is 0. The normalized spacial score (nSPS) is 10.3. The molecule has 0 fully saturated rings. The number of hydrogen-bond acceptors (Lipinski definition) is 2. The van der Waals surface area contributed by atoms with Gasteiger partial charge in [0.25, 0.3) is 0 Å².